The van der Waals surface area contributed by atoms with Gasteiger partial charge in [0.25, 0.3) is 5.56 Å². The molecule has 2 aromatic carbocycles. The molecule has 0 atom stereocenters. The lowest BCUT2D eigenvalue weighted by Crippen LogP contribution is -2.27. The van der Waals surface area contributed by atoms with Crippen molar-refractivity contribution in [3.8, 4) is 11.4 Å². The Hall–Kier alpha value is -3.67. The number of thiophene rings is 1. The summed E-state index contributed by atoms with van der Waals surface area (Å²) < 4.78 is 8.79. The van der Waals surface area contributed by atoms with Gasteiger partial charge in [-0.15, -0.1) is 21.5 Å². The van der Waals surface area contributed by atoms with Gasteiger partial charge in [-0.25, -0.2) is 8.97 Å². The van der Waals surface area contributed by atoms with Crippen LogP contribution >= 0.6 is 23.1 Å². The van der Waals surface area contributed by atoms with Crippen LogP contribution in [0.3, 0.4) is 0 Å². The van der Waals surface area contributed by atoms with Crippen LogP contribution in [0.1, 0.15) is 10.4 Å². The molecule has 188 valence electrons. The molecule has 0 radical (unpaired) electrons. The maximum Gasteiger partial charge on any atom is 0.268 e. The van der Waals surface area contributed by atoms with Crippen molar-refractivity contribution in [1.82, 2.24) is 24.1 Å². The maximum absolute atomic E-state index is 13.9. The number of carbonyl (C=O) groups excluding carboxylic acids is 1. The van der Waals surface area contributed by atoms with E-state index in [1.54, 1.807) is 29.1 Å². The Morgan fingerprint density at radius 3 is 2.81 bits per heavy atom. The van der Waals surface area contributed by atoms with Gasteiger partial charge in [-0.05, 0) is 43.3 Å². The van der Waals surface area contributed by atoms with Crippen molar-refractivity contribution in [2.75, 3.05) is 31.8 Å². The van der Waals surface area contributed by atoms with Gasteiger partial charge < -0.3 is 15.0 Å². The first-order chi connectivity index (χ1) is 18.0. The summed E-state index contributed by atoms with van der Waals surface area (Å²) in [6.07, 6.45) is 0.814. The summed E-state index contributed by atoms with van der Waals surface area (Å²) in [7, 11) is 3.68. The minimum Gasteiger partial charge on any atom is -0.497 e. The van der Waals surface area contributed by atoms with Crippen molar-refractivity contribution < 1.29 is 9.53 Å². The molecule has 4 heterocycles. The summed E-state index contributed by atoms with van der Waals surface area (Å²) in [5, 5.41) is 13.0. The Kier molecular flexibility index (Phi) is 6.19. The van der Waals surface area contributed by atoms with Gasteiger partial charge >= 0.3 is 0 Å². The largest absolute Gasteiger partial charge is 0.497 e. The Balaban J connectivity index is 1.42. The highest BCUT2D eigenvalue weighted by atomic mass is 32.2. The molecule has 6 rings (SSSR count). The fraction of sp³-hybridized carbons (Fsp3) is 0.231. The number of fused-ring (bicyclic) bond motifs is 5. The van der Waals surface area contributed by atoms with Crippen molar-refractivity contribution in [3.63, 3.8) is 0 Å². The number of nitrogens with zero attached hydrogens (tertiary/aromatic N) is 5. The Labute approximate surface area is 220 Å². The molecule has 1 aliphatic rings. The zero-order chi connectivity index (χ0) is 25.5. The molecule has 3 aromatic heterocycles. The lowest BCUT2D eigenvalue weighted by atomic mass is 10.1. The van der Waals surface area contributed by atoms with Crippen molar-refractivity contribution >= 4 is 50.7 Å². The zero-order valence-corrected chi connectivity index (χ0v) is 21.9. The number of benzene rings is 2. The number of hydrogen-bond acceptors (Lipinski definition) is 8. The summed E-state index contributed by atoms with van der Waals surface area (Å²) in [5.41, 5.74) is 2.41. The van der Waals surface area contributed by atoms with Crippen molar-refractivity contribution in [3.05, 3.63) is 75.4 Å². The van der Waals surface area contributed by atoms with Gasteiger partial charge in [-0.1, -0.05) is 36.0 Å². The number of nitrogens with one attached hydrogen (secondary N) is 1. The zero-order valence-electron chi connectivity index (χ0n) is 20.3. The number of aromatic nitrogens is 4. The van der Waals surface area contributed by atoms with Gasteiger partial charge in [0.2, 0.25) is 11.7 Å². The van der Waals surface area contributed by atoms with Crippen molar-refractivity contribution in [2.24, 2.45) is 0 Å². The standard InChI is InChI=1S/C26H24N6O3S2/c1-30-12-11-19-20(14-30)37-24-22(19)23(34)31(17-8-4-3-5-9-17)25-28-29-26(32(24)25)36-15-21(33)27-16-7-6-10-18(13-16)35-2/h3-10,13H,11-12,14-15H2,1-2H3,(H,27,33). The number of likely N-dealkylation sites (N-methyl/N-ethyl adjacent to an activating group) is 1. The first-order valence-corrected chi connectivity index (χ1v) is 13.6. The van der Waals surface area contributed by atoms with Gasteiger partial charge in [0, 0.05) is 29.7 Å². The van der Waals surface area contributed by atoms with Gasteiger partial charge in [0.1, 0.15) is 10.6 Å². The van der Waals surface area contributed by atoms with Crippen LogP contribution in [-0.4, -0.2) is 56.4 Å². The fourth-order valence-corrected chi connectivity index (χ4v) is 6.82. The summed E-state index contributed by atoms with van der Waals surface area (Å²) in [6, 6.07) is 16.7. The van der Waals surface area contributed by atoms with Crippen LogP contribution in [-0.2, 0) is 17.8 Å². The molecule has 0 unspecified atom stereocenters. The lowest BCUT2D eigenvalue weighted by Gasteiger charge is -2.21. The molecule has 11 heteroatoms. The van der Waals surface area contributed by atoms with Gasteiger partial charge in [-0.3, -0.25) is 9.59 Å². The number of methoxy groups -OCH3 is 1. The number of ether oxygens (including phenoxy) is 1. The second kappa shape index (κ2) is 9.66. The minimum absolute atomic E-state index is 0.0875. The van der Waals surface area contributed by atoms with E-state index in [1.807, 2.05) is 52.9 Å². The molecule has 5 aromatic rings. The molecule has 1 aliphatic heterocycles. The van der Waals surface area contributed by atoms with Crippen LogP contribution in [0.25, 0.3) is 21.7 Å². The Morgan fingerprint density at radius 2 is 2.00 bits per heavy atom. The third-order valence-corrected chi connectivity index (χ3v) is 8.50. The van der Waals surface area contributed by atoms with Crippen molar-refractivity contribution in [2.45, 2.75) is 18.1 Å². The Morgan fingerprint density at radius 1 is 1.16 bits per heavy atom. The van der Waals surface area contributed by atoms with Gasteiger partial charge in [-0.2, -0.15) is 0 Å². The minimum atomic E-state index is -0.172. The first-order valence-electron chi connectivity index (χ1n) is 11.8. The van der Waals surface area contributed by atoms with E-state index in [9.17, 15) is 9.59 Å². The molecule has 0 fully saturated rings. The highest BCUT2D eigenvalue weighted by Gasteiger charge is 2.27. The summed E-state index contributed by atoms with van der Waals surface area (Å²) in [5.74, 6) is 1.07. The molecule has 0 aliphatic carbocycles. The summed E-state index contributed by atoms with van der Waals surface area (Å²) >= 11 is 2.90. The van der Waals surface area contributed by atoms with Gasteiger partial charge in [0.05, 0.1) is 23.9 Å². The number of para-hydroxylation sites is 1. The summed E-state index contributed by atoms with van der Waals surface area (Å²) in [4.78, 5) is 30.9. The van der Waals surface area contributed by atoms with E-state index in [1.165, 1.54) is 16.6 Å². The lowest BCUT2D eigenvalue weighted by molar-refractivity contribution is -0.113. The van der Waals surface area contributed by atoms with Crippen LogP contribution < -0.4 is 15.6 Å². The molecular formula is C26H24N6O3S2. The van der Waals surface area contributed by atoms with Crippen LogP contribution in [0, 0.1) is 0 Å². The Bertz CT molecular complexity index is 1690. The quantitative estimate of drug-likeness (QED) is 0.332. The fourth-order valence-electron chi connectivity index (χ4n) is 4.61. The topological polar surface area (TPSA) is 93.8 Å². The van der Waals surface area contributed by atoms with E-state index in [0.29, 0.717) is 27.8 Å². The van der Waals surface area contributed by atoms with Crippen LogP contribution in [0.15, 0.2) is 64.5 Å². The SMILES string of the molecule is COc1cccc(NC(=O)CSc2nnc3n(-c4ccccc4)c(=O)c4c5c(sc4n23)CN(C)CC5)c1. The van der Waals surface area contributed by atoms with E-state index in [2.05, 4.69) is 27.5 Å². The maximum atomic E-state index is 13.9. The van der Waals surface area contributed by atoms with E-state index in [4.69, 9.17) is 4.74 Å². The molecule has 1 N–H and O–H groups in total. The van der Waals surface area contributed by atoms with Crippen LogP contribution in [0.4, 0.5) is 5.69 Å². The van der Waals surface area contributed by atoms with E-state index in [0.717, 1.165) is 35.6 Å². The monoisotopic (exact) mass is 532 g/mol. The second-order valence-corrected chi connectivity index (χ2v) is 10.9. The second-order valence-electron chi connectivity index (χ2n) is 8.83. The van der Waals surface area contributed by atoms with E-state index < -0.39 is 0 Å². The normalized spacial score (nSPS) is 13.7. The van der Waals surface area contributed by atoms with E-state index in [-0.39, 0.29) is 17.2 Å². The number of rotatable bonds is 6. The third-order valence-electron chi connectivity index (χ3n) is 6.37. The molecule has 0 saturated carbocycles. The van der Waals surface area contributed by atoms with E-state index >= 15 is 0 Å². The summed E-state index contributed by atoms with van der Waals surface area (Å²) in [6.45, 7) is 1.70. The number of carbonyl (C=O) groups is 1. The highest BCUT2D eigenvalue weighted by molar-refractivity contribution is 7.99. The number of thioether (sulfide) groups is 1. The smallest absolute Gasteiger partial charge is 0.268 e. The molecule has 0 saturated heterocycles. The highest BCUT2D eigenvalue weighted by Crippen LogP contribution is 2.35. The van der Waals surface area contributed by atoms with Crippen molar-refractivity contribution in [1.29, 1.82) is 0 Å². The van der Waals surface area contributed by atoms with Crippen LogP contribution in [0.2, 0.25) is 0 Å². The predicted octanol–water partition coefficient (Wildman–Crippen LogP) is 3.82. The molecule has 0 bridgehead atoms. The number of anilines is 1. The third kappa shape index (κ3) is 4.28. The number of hydrogen-bond donors (Lipinski definition) is 1. The molecular weight excluding hydrogens is 508 g/mol. The average Bonchev–Trinajstić information content (AvgIpc) is 3.49. The average molecular weight is 533 g/mol. The molecule has 0 spiro atoms. The first kappa shape index (κ1) is 23.7. The number of amides is 1. The molecule has 9 nitrogen and oxygen atoms in total. The molecule has 37 heavy (non-hydrogen) atoms. The predicted molar refractivity (Wildman–Crippen MR) is 146 cm³/mol. The molecule has 1 amide bonds. The van der Waals surface area contributed by atoms with Crippen LogP contribution in [0.5, 0.6) is 5.75 Å². The van der Waals surface area contributed by atoms with Gasteiger partial charge in [0.15, 0.2) is 5.16 Å².